The summed E-state index contributed by atoms with van der Waals surface area (Å²) in [5, 5.41) is 19.9. The van der Waals surface area contributed by atoms with Crippen LogP contribution in [0.1, 0.15) is 12.8 Å². The number of hydrogen-bond acceptors (Lipinski definition) is 4. The molecule has 0 aromatic rings. The number of aliphatic hydroxyl groups is 1. The van der Waals surface area contributed by atoms with Crippen LogP contribution in [0.3, 0.4) is 0 Å². The fraction of sp³-hybridized carbons (Fsp3) is 0.778. The van der Waals surface area contributed by atoms with Gasteiger partial charge in [-0.1, -0.05) is 0 Å². The Morgan fingerprint density at radius 3 is 2.75 bits per heavy atom. The number of carbonyl (C=O) groups excluding carboxylic acids is 1. The van der Waals surface area contributed by atoms with Gasteiger partial charge in [0.05, 0.1) is 0 Å². The zero-order valence-electron chi connectivity index (χ0n) is 8.93. The van der Waals surface area contributed by atoms with E-state index >= 15 is 0 Å². The first-order chi connectivity index (χ1) is 7.50. The van der Waals surface area contributed by atoms with Gasteiger partial charge in [-0.15, -0.1) is 0 Å². The molecule has 0 bridgehead atoms. The van der Waals surface area contributed by atoms with Crippen molar-refractivity contribution >= 4 is 12.0 Å². The molecule has 7 heteroatoms. The number of rotatable bonds is 4. The number of carbonyl (C=O) groups is 2. The molecule has 92 valence electrons. The fourth-order valence-electron chi connectivity index (χ4n) is 1.52. The average molecular weight is 231 g/mol. The van der Waals surface area contributed by atoms with Gasteiger partial charge in [0.2, 0.25) is 0 Å². The molecule has 1 saturated heterocycles. The van der Waals surface area contributed by atoms with Crippen molar-refractivity contribution in [1.29, 1.82) is 0 Å². The van der Waals surface area contributed by atoms with Crippen molar-refractivity contribution < 1.29 is 19.8 Å². The van der Waals surface area contributed by atoms with E-state index in [2.05, 4.69) is 5.32 Å². The molecule has 0 saturated carbocycles. The third kappa shape index (κ3) is 3.67. The quantitative estimate of drug-likeness (QED) is 0.473. The Morgan fingerprint density at radius 2 is 2.25 bits per heavy atom. The molecular formula is C9H17N3O4. The molecule has 1 aliphatic rings. The third-order valence-electron chi connectivity index (χ3n) is 2.49. The van der Waals surface area contributed by atoms with E-state index in [9.17, 15) is 9.59 Å². The second kappa shape index (κ2) is 5.66. The number of carboxylic acid groups (broad SMARTS) is 1. The molecule has 1 aliphatic heterocycles. The van der Waals surface area contributed by atoms with E-state index in [0.29, 0.717) is 13.1 Å². The third-order valence-corrected chi connectivity index (χ3v) is 2.49. The molecule has 7 nitrogen and oxygen atoms in total. The molecule has 5 N–H and O–H groups in total. The summed E-state index contributed by atoms with van der Waals surface area (Å²) in [6.45, 7) is 1.28. The first-order valence-electron chi connectivity index (χ1n) is 5.20. The number of nitrogens with one attached hydrogen (secondary N) is 1. The van der Waals surface area contributed by atoms with Crippen LogP contribution in [-0.2, 0) is 4.79 Å². The highest BCUT2D eigenvalue weighted by Gasteiger charge is 2.23. The molecule has 0 spiro atoms. The molecule has 2 atom stereocenters. The number of nitrogens with two attached hydrogens (primary N) is 1. The van der Waals surface area contributed by atoms with Gasteiger partial charge in [-0.25, -0.2) is 9.59 Å². The predicted molar refractivity (Wildman–Crippen MR) is 55.8 cm³/mol. The van der Waals surface area contributed by atoms with Crippen molar-refractivity contribution in [2.75, 3.05) is 19.6 Å². The first kappa shape index (κ1) is 12.7. The Kier molecular flexibility index (Phi) is 4.51. The lowest BCUT2D eigenvalue weighted by Gasteiger charge is -2.16. The number of urea groups is 1. The molecule has 1 heterocycles. The van der Waals surface area contributed by atoms with Gasteiger partial charge in [0.1, 0.15) is 0 Å². The monoisotopic (exact) mass is 231 g/mol. The fourth-order valence-corrected chi connectivity index (χ4v) is 1.52. The lowest BCUT2D eigenvalue weighted by molar-refractivity contribution is -0.146. The molecule has 0 radical (unpaired) electrons. The molecule has 1 fully saturated rings. The van der Waals surface area contributed by atoms with Gasteiger partial charge in [-0.3, -0.25) is 0 Å². The van der Waals surface area contributed by atoms with Crippen LogP contribution in [0.15, 0.2) is 0 Å². The number of amides is 2. The van der Waals surface area contributed by atoms with Gasteiger partial charge in [-0.2, -0.15) is 0 Å². The summed E-state index contributed by atoms with van der Waals surface area (Å²) in [4.78, 5) is 23.3. The van der Waals surface area contributed by atoms with Gasteiger partial charge in [0.15, 0.2) is 6.10 Å². The van der Waals surface area contributed by atoms with Crippen molar-refractivity contribution in [3.05, 3.63) is 0 Å². The van der Waals surface area contributed by atoms with Crippen molar-refractivity contribution in [1.82, 2.24) is 10.2 Å². The summed E-state index contributed by atoms with van der Waals surface area (Å²) in [6, 6.07) is -0.235. The minimum absolute atomic E-state index is 0.000959. The van der Waals surface area contributed by atoms with E-state index in [1.165, 1.54) is 0 Å². The van der Waals surface area contributed by atoms with Gasteiger partial charge in [0, 0.05) is 32.1 Å². The maximum absolute atomic E-state index is 11.5. The highest BCUT2D eigenvalue weighted by molar-refractivity contribution is 5.75. The highest BCUT2D eigenvalue weighted by atomic mass is 16.4. The first-order valence-corrected chi connectivity index (χ1v) is 5.20. The van der Waals surface area contributed by atoms with E-state index in [1.807, 2.05) is 0 Å². The Labute approximate surface area is 93.2 Å². The van der Waals surface area contributed by atoms with Crippen LogP contribution in [0.4, 0.5) is 4.79 Å². The lowest BCUT2D eigenvalue weighted by atomic mass is 10.2. The number of likely N-dealkylation sites (tertiary alicyclic amines) is 1. The summed E-state index contributed by atoms with van der Waals surface area (Å²) < 4.78 is 0. The zero-order chi connectivity index (χ0) is 12.1. The van der Waals surface area contributed by atoms with Gasteiger partial charge in [-0.05, 0) is 6.42 Å². The Hall–Kier alpha value is -1.34. The maximum Gasteiger partial charge on any atom is 0.332 e. The SMILES string of the molecule is NC1CCN(C(=O)NCC[C@H](O)C(=O)O)C1. The molecule has 0 aromatic carbocycles. The molecule has 1 rings (SSSR count). The molecule has 16 heavy (non-hydrogen) atoms. The molecule has 2 amide bonds. The zero-order valence-corrected chi connectivity index (χ0v) is 8.93. The Balaban J connectivity index is 2.18. The van der Waals surface area contributed by atoms with E-state index in [4.69, 9.17) is 15.9 Å². The highest BCUT2D eigenvalue weighted by Crippen LogP contribution is 2.06. The minimum Gasteiger partial charge on any atom is -0.479 e. The average Bonchev–Trinajstić information content (AvgIpc) is 2.64. The maximum atomic E-state index is 11.5. The van der Waals surface area contributed by atoms with Crippen LogP contribution in [0.2, 0.25) is 0 Å². The smallest absolute Gasteiger partial charge is 0.332 e. The normalized spacial score (nSPS) is 21.9. The van der Waals surface area contributed by atoms with Crippen molar-refractivity contribution in [3.8, 4) is 0 Å². The number of hydrogen-bond donors (Lipinski definition) is 4. The topological polar surface area (TPSA) is 116 Å². The largest absolute Gasteiger partial charge is 0.479 e. The number of aliphatic hydroxyl groups excluding tert-OH is 1. The lowest BCUT2D eigenvalue weighted by Crippen LogP contribution is -2.41. The van der Waals surface area contributed by atoms with E-state index in [-0.39, 0.29) is 25.0 Å². The van der Waals surface area contributed by atoms with Crippen molar-refractivity contribution in [3.63, 3.8) is 0 Å². The molecule has 0 aliphatic carbocycles. The van der Waals surface area contributed by atoms with Gasteiger partial charge < -0.3 is 26.2 Å². The van der Waals surface area contributed by atoms with Crippen LogP contribution >= 0.6 is 0 Å². The Bertz CT molecular complexity index is 271. The van der Waals surface area contributed by atoms with Crippen molar-refractivity contribution in [2.45, 2.75) is 25.0 Å². The number of nitrogens with zero attached hydrogens (tertiary/aromatic N) is 1. The van der Waals surface area contributed by atoms with Gasteiger partial charge >= 0.3 is 12.0 Å². The van der Waals surface area contributed by atoms with E-state index in [0.717, 1.165) is 6.42 Å². The van der Waals surface area contributed by atoms with Crippen LogP contribution in [-0.4, -0.2) is 58.9 Å². The second-order valence-corrected chi connectivity index (χ2v) is 3.87. The number of carboxylic acids is 1. The summed E-state index contributed by atoms with van der Waals surface area (Å²) in [5.74, 6) is -1.28. The Morgan fingerprint density at radius 1 is 1.56 bits per heavy atom. The summed E-state index contributed by atoms with van der Waals surface area (Å²) >= 11 is 0. The van der Waals surface area contributed by atoms with Crippen LogP contribution in [0.5, 0.6) is 0 Å². The summed E-state index contributed by atoms with van der Waals surface area (Å²) in [5.41, 5.74) is 5.64. The number of aliphatic carboxylic acids is 1. The second-order valence-electron chi connectivity index (χ2n) is 3.87. The minimum atomic E-state index is -1.43. The van der Waals surface area contributed by atoms with Crippen LogP contribution in [0, 0.1) is 0 Å². The molecular weight excluding hydrogens is 214 g/mol. The van der Waals surface area contributed by atoms with Crippen LogP contribution in [0.25, 0.3) is 0 Å². The van der Waals surface area contributed by atoms with Crippen LogP contribution < -0.4 is 11.1 Å². The van der Waals surface area contributed by atoms with Crippen molar-refractivity contribution in [2.24, 2.45) is 5.73 Å². The molecule has 0 aromatic heterocycles. The standard InChI is InChI=1S/C9H17N3O4/c10-6-2-4-12(5-6)9(16)11-3-1-7(13)8(14)15/h6-7,13H,1-5,10H2,(H,11,16)(H,14,15)/t6?,7-/m0/s1. The predicted octanol–water partition coefficient (Wildman–Crippen LogP) is -1.44. The molecule has 1 unspecified atom stereocenters. The van der Waals surface area contributed by atoms with Gasteiger partial charge in [0.25, 0.3) is 0 Å². The summed E-state index contributed by atoms with van der Waals surface area (Å²) in [6.07, 6.45) is -0.646. The van der Waals surface area contributed by atoms with E-state index in [1.54, 1.807) is 4.90 Å². The summed E-state index contributed by atoms with van der Waals surface area (Å²) in [7, 11) is 0. The van der Waals surface area contributed by atoms with E-state index < -0.39 is 12.1 Å².